The van der Waals surface area contributed by atoms with E-state index in [4.69, 9.17) is 0 Å². The molecule has 0 bridgehead atoms. The van der Waals surface area contributed by atoms with Crippen molar-refractivity contribution in [3.8, 4) is 0 Å². The molecular formula is C9H17N3O2S. The molecule has 0 fully saturated rings. The van der Waals surface area contributed by atoms with E-state index in [1.165, 1.54) is 6.26 Å². The summed E-state index contributed by atoms with van der Waals surface area (Å²) in [6.07, 6.45) is 6.60. The van der Waals surface area contributed by atoms with E-state index in [9.17, 15) is 8.42 Å². The quantitative estimate of drug-likeness (QED) is 0.743. The second kappa shape index (κ2) is 5.27. The largest absolute Gasteiger partial charge is 0.336 e. The van der Waals surface area contributed by atoms with Crippen molar-refractivity contribution >= 4 is 9.84 Å². The van der Waals surface area contributed by atoms with Gasteiger partial charge in [-0.15, -0.1) is 0 Å². The Labute approximate surface area is 90.4 Å². The Morgan fingerprint density at radius 1 is 1.53 bits per heavy atom. The molecule has 0 spiro atoms. The van der Waals surface area contributed by atoms with Gasteiger partial charge in [-0.3, -0.25) is 0 Å². The van der Waals surface area contributed by atoms with E-state index in [1.54, 1.807) is 12.5 Å². The van der Waals surface area contributed by atoms with Crippen molar-refractivity contribution in [2.24, 2.45) is 0 Å². The van der Waals surface area contributed by atoms with Gasteiger partial charge >= 0.3 is 0 Å². The van der Waals surface area contributed by atoms with Crippen LogP contribution < -0.4 is 5.32 Å². The summed E-state index contributed by atoms with van der Waals surface area (Å²) >= 11 is 0. The van der Waals surface area contributed by atoms with Gasteiger partial charge in [-0.25, -0.2) is 13.4 Å². The number of hydrogen-bond acceptors (Lipinski definition) is 4. The van der Waals surface area contributed by atoms with Crippen LogP contribution >= 0.6 is 0 Å². The minimum Gasteiger partial charge on any atom is -0.336 e. The topological polar surface area (TPSA) is 64.0 Å². The molecule has 1 aromatic rings. The highest BCUT2D eigenvalue weighted by molar-refractivity contribution is 7.90. The van der Waals surface area contributed by atoms with Crippen LogP contribution in [0.15, 0.2) is 18.7 Å². The zero-order valence-electron chi connectivity index (χ0n) is 9.05. The molecule has 0 saturated heterocycles. The first kappa shape index (κ1) is 12.2. The lowest BCUT2D eigenvalue weighted by Gasteiger charge is -2.13. The minimum absolute atomic E-state index is 0.182. The highest BCUT2D eigenvalue weighted by Gasteiger charge is 2.05. The van der Waals surface area contributed by atoms with Gasteiger partial charge in [-0.05, 0) is 6.92 Å². The highest BCUT2D eigenvalue weighted by Crippen LogP contribution is 1.91. The molecule has 0 aromatic carbocycles. The van der Waals surface area contributed by atoms with Gasteiger partial charge in [0.05, 0.1) is 12.1 Å². The molecule has 1 atom stereocenters. The molecule has 0 aliphatic rings. The zero-order chi connectivity index (χ0) is 11.3. The van der Waals surface area contributed by atoms with Gasteiger partial charge in [0.25, 0.3) is 0 Å². The van der Waals surface area contributed by atoms with Crippen molar-refractivity contribution in [3.05, 3.63) is 18.7 Å². The van der Waals surface area contributed by atoms with Gasteiger partial charge in [0.1, 0.15) is 9.84 Å². The summed E-state index contributed by atoms with van der Waals surface area (Å²) in [7, 11) is -2.86. The smallest absolute Gasteiger partial charge is 0.148 e. The maximum Gasteiger partial charge on any atom is 0.148 e. The second-order valence-corrected chi connectivity index (χ2v) is 6.00. The van der Waals surface area contributed by atoms with E-state index in [0.29, 0.717) is 6.54 Å². The molecular weight excluding hydrogens is 214 g/mol. The maximum atomic E-state index is 10.9. The monoisotopic (exact) mass is 231 g/mol. The molecule has 0 radical (unpaired) electrons. The number of hydrogen-bond donors (Lipinski definition) is 1. The lowest BCUT2D eigenvalue weighted by Crippen LogP contribution is -2.33. The summed E-state index contributed by atoms with van der Waals surface area (Å²) in [5.74, 6) is 0.182. The van der Waals surface area contributed by atoms with E-state index in [2.05, 4.69) is 10.3 Å². The van der Waals surface area contributed by atoms with Gasteiger partial charge in [-0.2, -0.15) is 0 Å². The van der Waals surface area contributed by atoms with E-state index in [-0.39, 0.29) is 11.8 Å². The molecule has 1 heterocycles. The lowest BCUT2D eigenvalue weighted by molar-refractivity contribution is 0.488. The van der Waals surface area contributed by atoms with Crippen LogP contribution in [0.3, 0.4) is 0 Å². The first-order valence-corrected chi connectivity index (χ1v) is 6.90. The number of sulfone groups is 1. The van der Waals surface area contributed by atoms with Crippen molar-refractivity contribution in [3.63, 3.8) is 0 Å². The molecule has 0 amide bonds. The third-order valence-electron chi connectivity index (χ3n) is 2.01. The van der Waals surface area contributed by atoms with Crippen molar-refractivity contribution < 1.29 is 8.42 Å². The normalized spacial score (nSPS) is 14.0. The molecule has 1 aromatic heterocycles. The van der Waals surface area contributed by atoms with Crippen LogP contribution in [-0.2, 0) is 16.4 Å². The SMILES string of the molecule is CC(Cn1ccnc1)NCCS(C)(=O)=O. The summed E-state index contributed by atoms with van der Waals surface area (Å²) in [6, 6.07) is 0.237. The van der Waals surface area contributed by atoms with E-state index >= 15 is 0 Å². The Bertz CT molecular complexity index is 372. The summed E-state index contributed by atoms with van der Waals surface area (Å²) < 4.78 is 23.7. The average Bonchev–Trinajstić information content (AvgIpc) is 2.54. The van der Waals surface area contributed by atoms with Crippen LogP contribution in [0.2, 0.25) is 0 Å². The Morgan fingerprint density at radius 3 is 2.80 bits per heavy atom. The molecule has 1 rings (SSSR count). The molecule has 5 nitrogen and oxygen atoms in total. The molecule has 1 N–H and O–H groups in total. The number of aromatic nitrogens is 2. The Hall–Kier alpha value is -0.880. The summed E-state index contributed by atoms with van der Waals surface area (Å²) in [4.78, 5) is 3.93. The van der Waals surface area contributed by atoms with Gasteiger partial charge < -0.3 is 9.88 Å². The predicted molar refractivity (Wildman–Crippen MR) is 59.4 cm³/mol. The molecule has 1 unspecified atom stereocenters. The maximum absolute atomic E-state index is 10.9. The number of nitrogens with one attached hydrogen (secondary N) is 1. The van der Waals surface area contributed by atoms with Crippen LogP contribution in [0, 0.1) is 0 Å². The number of imidazole rings is 1. The van der Waals surface area contributed by atoms with E-state index in [1.807, 2.05) is 17.7 Å². The van der Waals surface area contributed by atoms with Gasteiger partial charge in [-0.1, -0.05) is 0 Å². The Kier molecular flexibility index (Phi) is 4.28. The van der Waals surface area contributed by atoms with Crippen molar-refractivity contribution in [1.29, 1.82) is 0 Å². The van der Waals surface area contributed by atoms with Crippen molar-refractivity contribution in [2.75, 3.05) is 18.6 Å². The van der Waals surface area contributed by atoms with E-state index < -0.39 is 9.84 Å². The minimum atomic E-state index is -2.86. The van der Waals surface area contributed by atoms with Gasteiger partial charge in [0, 0.05) is 37.8 Å². The molecule has 0 aliphatic carbocycles. The van der Waals surface area contributed by atoms with Crippen LogP contribution in [0.1, 0.15) is 6.92 Å². The summed E-state index contributed by atoms with van der Waals surface area (Å²) in [6.45, 7) is 3.31. The lowest BCUT2D eigenvalue weighted by atomic mass is 10.3. The fourth-order valence-corrected chi connectivity index (χ4v) is 1.75. The predicted octanol–water partition coefficient (Wildman–Crippen LogP) is -0.0942. The van der Waals surface area contributed by atoms with Crippen molar-refractivity contribution in [2.45, 2.75) is 19.5 Å². The average molecular weight is 231 g/mol. The van der Waals surface area contributed by atoms with Gasteiger partial charge in [0.15, 0.2) is 0 Å². The fourth-order valence-electron chi connectivity index (χ4n) is 1.27. The molecule has 0 aliphatic heterocycles. The van der Waals surface area contributed by atoms with Crippen LogP contribution in [0.5, 0.6) is 0 Å². The Balaban J connectivity index is 2.22. The highest BCUT2D eigenvalue weighted by atomic mass is 32.2. The first-order valence-electron chi connectivity index (χ1n) is 4.84. The molecule has 15 heavy (non-hydrogen) atoms. The summed E-state index contributed by atoms with van der Waals surface area (Å²) in [5.41, 5.74) is 0. The van der Waals surface area contributed by atoms with E-state index in [0.717, 1.165) is 6.54 Å². The molecule has 86 valence electrons. The second-order valence-electron chi connectivity index (χ2n) is 3.74. The van der Waals surface area contributed by atoms with Crippen LogP contribution in [0.4, 0.5) is 0 Å². The standard InChI is InChI=1S/C9H17N3O2S/c1-9(7-12-5-3-10-8-12)11-4-6-15(2,13)14/h3,5,8-9,11H,4,6-7H2,1-2H3. The molecule has 6 heteroatoms. The number of rotatable bonds is 6. The van der Waals surface area contributed by atoms with Crippen LogP contribution in [-0.4, -0.2) is 42.6 Å². The third kappa shape index (κ3) is 5.54. The van der Waals surface area contributed by atoms with Gasteiger partial charge in [0.2, 0.25) is 0 Å². The number of nitrogens with zero attached hydrogens (tertiary/aromatic N) is 2. The Morgan fingerprint density at radius 2 is 2.27 bits per heavy atom. The third-order valence-corrected chi connectivity index (χ3v) is 2.96. The molecule has 0 saturated carbocycles. The zero-order valence-corrected chi connectivity index (χ0v) is 9.87. The summed E-state index contributed by atoms with van der Waals surface area (Å²) in [5, 5.41) is 3.15. The first-order chi connectivity index (χ1) is 6.97. The van der Waals surface area contributed by atoms with Crippen molar-refractivity contribution in [1.82, 2.24) is 14.9 Å². The fraction of sp³-hybridized carbons (Fsp3) is 0.667. The van der Waals surface area contributed by atoms with Crippen LogP contribution in [0.25, 0.3) is 0 Å².